The Kier molecular flexibility index (Phi) is 4.61. The van der Waals surface area contributed by atoms with Crippen LogP contribution in [0.1, 0.15) is 56.6 Å². The molecule has 1 heteroatoms. The van der Waals surface area contributed by atoms with Crippen molar-refractivity contribution in [3.8, 4) is 0 Å². The number of nitrogens with one attached hydrogen (secondary N) is 1. The zero-order valence-electron chi connectivity index (χ0n) is 11.2. The van der Waals surface area contributed by atoms with Gasteiger partial charge in [-0.3, -0.25) is 0 Å². The van der Waals surface area contributed by atoms with Gasteiger partial charge in [-0.05, 0) is 42.3 Å². The molecule has 1 N–H and O–H groups in total. The Morgan fingerprint density at radius 2 is 1.88 bits per heavy atom. The van der Waals surface area contributed by atoms with E-state index in [1.54, 1.807) is 5.56 Å². The molecule has 0 heterocycles. The first-order chi connectivity index (χ1) is 8.35. The van der Waals surface area contributed by atoms with E-state index in [2.05, 4.69) is 43.4 Å². The van der Waals surface area contributed by atoms with Crippen molar-refractivity contribution >= 4 is 0 Å². The second-order valence-corrected chi connectivity index (χ2v) is 5.29. The summed E-state index contributed by atoms with van der Waals surface area (Å²) in [5.41, 5.74) is 3.10. The van der Waals surface area contributed by atoms with Gasteiger partial charge in [0.05, 0.1) is 0 Å². The fourth-order valence-electron chi connectivity index (χ4n) is 2.48. The fraction of sp³-hybridized carbons (Fsp3) is 0.625. The SMILES string of the molecule is CCC(CC)CNCc1ccccc1C1CC1. The van der Waals surface area contributed by atoms with Gasteiger partial charge in [-0.2, -0.15) is 0 Å². The lowest BCUT2D eigenvalue weighted by Crippen LogP contribution is -2.22. The molecule has 1 aliphatic rings. The van der Waals surface area contributed by atoms with Crippen LogP contribution in [0.15, 0.2) is 24.3 Å². The molecule has 1 nitrogen and oxygen atoms in total. The predicted molar refractivity (Wildman–Crippen MR) is 74.2 cm³/mol. The Morgan fingerprint density at radius 3 is 2.53 bits per heavy atom. The highest BCUT2D eigenvalue weighted by atomic mass is 14.9. The van der Waals surface area contributed by atoms with Crippen molar-refractivity contribution in [3.05, 3.63) is 35.4 Å². The van der Waals surface area contributed by atoms with Crippen LogP contribution in [0.5, 0.6) is 0 Å². The molecule has 0 aliphatic heterocycles. The molecule has 0 amide bonds. The minimum absolute atomic E-state index is 0.836. The summed E-state index contributed by atoms with van der Waals surface area (Å²) in [7, 11) is 0. The monoisotopic (exact) mass is 231 g/mol. The van der Waals surface area contributed by atoms with E-state index < -0.39 is 0 Å². The number of hydrogen-bond donors (Lipinski definition) is 1. The summed E-state index contributed by atoms with van der Waals surface area (Å²) in [6.07, 6.45) is 5.36. The van der Waals surface area contributed by atoms with Gasteiger partial charge in [0.2, 0.25) is 0 Å². The van der Waals surface area contributed by atoms with E-state index in [0.717, 1.165) is 24.9 Å². The Labute approximate surface area is 106 Å². The molecule has 1 aromatic carbocycles. The van der Waals surface area contributed by atoms with Gasteiger partial charge in [0.1, 0.15) is 0 Å². The van der Waals surface area contributed by atoms with Crippen LogP contribution in [0.3, 0.4) is 0 Å². The molecule has 1 saturated carbocycles. The molecule has 1 fully saturated rings. The third kappa shape index (κ3) is 3.57. The molecular formula is C16H25N. The minimum atomic E-state index is 0.836. The standard InChI is InChI=1S/C16H25N/c1-3-13(4-2)11-17-12-15-7-5-6-8-16(15)14-9-10-14/h5-8,13-14,17H,3-4,9-12H2,1-2H3. The summed E-state index contributed by atoms with van der Waals surface area (Å²) < 4.78 is 0. The van der Waals surface area contributed by atoms with Crippen LogP contribution in [0.25, 0.3) is 0 Å². The first-order valence-electron chi connectivity index (χ1n) is 7.13. The molecule has 94 valence electrons. The third-order valence-corrected chi connectivity index (χ3v) is 3.98. The molecule has 0 bridgehead atoms. The maximum Gasteiger partial charge on any atom is 0.0208 e. The lowest BCUT2D eigenvalue weighted by atomic mass is 10.0. The number of rotatable bonds is 7. The van der Waals surface area contributed by atoms with Gasteiger partial charge in [0, 0.05) is 6.54 Å². The van der Waals surface area contributed by atoms with E-state index in [1.807, 2.05) is 0 Å². The molecule has 0 spiro atoms. The predicted octanol–water partition coefficient (Wildman–Crippen LogP) is 4.09. The number of benzene rings is 1. The minimum Gasteiger partial charge on any atom is -0.312 e. The molecule has 17 heavy (non-hydrogen) atoms. The topological polar surface area (TPSA) is 12.0 Å². The Bertz CT molecular complexity index is 337. The van der Waals surface area contributed by atoms with E-state index in [4.69, 9.17) is 0 Å². The van der Waals surface area contributed by atoms with Crippen LogP contribution >= 0.6 is 0 Å². The molecular weight excluding hydrogens is 206 g/mol. The van der Waals surface area contributed by atoms with Crippen LogP contribution in [0.4, 0.5) is 0 Å². The van der Waals surface area contributed by atoms with Gasteiger partial charge in [0.25, 0.3) is 0 Å². The Hall–Kier alpha value is -0.820. The average molecular weight is 231 g/mol. The molecule has 0 atom stereocenters. The van der Waals surface area contributed by atoms with Gasteiger partial charge in [0.15, 0.2) is 0 Å². The van der Waals surface area contributed by atoms with E-state index in [9.17, 15) is 0 Å². The molecule has 2 rings (SSSR count). The normalized spacial score (nSPS) is 15.5. The highest BCUT2D eigenvalue weighted by molar-refractivity contribution is 5.33. The smallest absolute Gasteiger partial charge is 0.0208 e. The lowest BCUT2D eigenvalue weighted by Gasteiger charge is -2.14. The summed E-state index contributed by atoms with van der Waals surface area (Å²) in [6.45, 7) is 6.77. The Morgan fingerprint density at radius 1 is 1.18 bits per heavy atom. The van der Waals surface area contributed by atoms with Gasteiger partial charge < -0.3 is 5.32 Å². The summed E-state index contributed by atoms with van der Waals surface area (Å²) in [4.78, 5) is 0. The first-order valence-corrected chi connectivity index (χ1v) is 7.13. The summed E-state index contributed by atoms with van der Waals surface area (Å²) in [5, 5.41) is 3.63. The first kappa shape index (κ1) is 12.6. The highest BCUT2D eigenvalue weighted by Gasteiger charge is 2.25. The zero-order valence-corrected chi connectivity index (χ0v) is 11.2. The van der Waals surface area contributed by atoms with Crippen molar-refractivity contribution in [3.63, 3.8) is 0 Å². The molecule has 0 unspecified atom stereocenters. The molecule has 0 saturated heterocycles. The molecule has 0 aromatic heterocycles. The Balaban J connectivity index is 1.86. The maximum atomic E-state index is 3.63. The van der Waals surface area contributed by atoms with Crippen molar-refractivity contribution in [2.24, 2.45) is 5.92 Å². The van der Waals surface area contributed by atoms with Crippen molar-refractivity contribution in [1.29, 1.82) is 0 Å². The van der Waals surface area contributed by atoms with Crippen molar-refractivity contribution < 1.29 is 0 Å². The van der Waals surface area contributed by atoms with Gasteiger partial charge in [-0.15, -0.1) is 0 Å². The van der Waals surface area contributed by atoms with E-state index in [0.29, 0.717) is 0 Å². The quantitative estimate of drug-likeness (QED) is 0.745. The van der Waals surface area contributed by atoms with Crippen LogP contribution < -0.4 is 5.32 Å². The summed E-state index contributed by atoms with van der Waals surface area (Å²) in [5.74, 6) is 1.70. The van der Waals surface area contributed by atoms with E-state index in [1.165, 1.54) is 31.2 Å². The second kappa shape index (κ2) is 6.20. The zero-order chi connectivity index (χ0) is 12.1. The second-order valence-electron chi connectivity index (χ2n) is 5.29. The van der Waals surface area contributed by atoms with E-state index >= 15 is 0 Å². The lowest BCUT2D eigenvalue weighted by molar-refractivity contribution is 0.449. The highest BCUT2D eigenvalue weighted by Crippen LogP contribution is 2.41. The van der Waals surface area contributed by atoms with Gasteiger partial charge in [-0.1, -0.05) is 51.0 Å². The third-order valence-electron chi connectivity index (χ3n) is 3.98. The summed E-state index contributed by atoms with van der Waals surface area (Å²) >= 11 is 0. The number of hydrogen-bond acceptors (Lipinski definition) is 1. The van der Waals surface area contributed by atoms with Gasteiger partial charge in [-0.25, -0.2) is 0 Å². The molecule has 0 radical (unpaired) electrons. The van der Waals surface area contributed by atoms with Crippen LogP contribution in [0, 0.1) is 5.92 Å². The van der Waals surface area contributed by atoms with Crippen molar-refractivity contribution in [2.75, 3.05) is 6.54 Å². The summed E-state index contributed by atoms with van der Waals surface area (Å²) in [6, 6.07) is 8.94. The van der Waals surface area contributed by atoms with Crippen LogP contribution in [-0.4, -0.2) is 6.54 Å². The van der Waals surface area contributed by atoms with Crippen LogP contribution in [-0.2, 0) is 6.54 Å². The van der Waals surface area contributed by atoms with Crippen molar-refractivity contribution in [1.82, 2.24) is 5.32 Å². The largest absolute Gasteiger partial charge is 0.312 e. The van der Waals surface area contributed by atoms with Crippen molar-refractivity contribution in [2.45, 2.75) is 52.0 Å². The molecule has 1 aliphatic carbocycles. The average Bonchev–Trinajstić information content (AvgIpc) is 3.19. The maximum absolute atomic E-state index is 3.63. The van der Waals surface area contributed by atoms with Crippen LogP contribution in [0.2, 0.25) is 0 Å². The van der Waals surface area contributed by atoms with E-state index in [-0.39, 0.29) is 0 Å². The molecule has 1 aromatic rings. The fourth-order valence-corrected chi connectivity index (χ4v) is 2.48. The van der Waals surface area contributed by atoms with Gasteiger partial charge >= 0.3 is 0 Å².